The first-order valence-corrected chi connectivity index (χ1v) is 11.4. The second-order valence-electron chi connectivity index (χ2n) is 8.70. The molecule has 0 spiro atoms. The van der Waals surface area contributed by atoms with E-state index in [0.717, 1.165) is 46.7 Å². The lowest BCUT2D eigenvalue weighted by atomic mass is 10.1. The molecule has 0 aliphatic rings. The average molecular weight is 467 g/mol. The van der Waals surface area contributed by atoms with Gasteiger partial charge in [0.2, 0.25) is 5.89 Å². The molecular formula is C27H26N6O2. The Labute approximate surface area is 203 Å². The molecule has 0 saturated carbocycles. The van der Waals surface area contributed by atoms with Crippen LogP contribution in [0.15, 0.2) is 77.8 Å². The number of hydrogen-bond donors (Lipinski definition) is 1. The van der Waals surface area contributed by atoms with Crippen molar-refractivity contribution >= 4 is 17.2 Å². The van der Waals surface area contributed by atoms with Gasteiger partial charge >= 0.3 is 0 Å². The predicted octanol–water partition coefficient (Wildman–Crippen LogP) is 4.72. The summed E-state index contributed by atoms with van der Waals surface area (Å²) in [4.78, 5) is 28.7. The summed E-state index contributed by atoms with van der Waals surface area (Å²) in [6.07, 6.45) is 7.80. The van der Waals surface area contributed by atoms with E-state index in [9.17, 15) is 4.79 Å². The van der Waals surface area contributed by atoms with E-state index < -0.39 is 0 Å². The highest BCUT2D eigenvalue weighted by atomic mass is 16.3. The Bertz CT molecular complexity index is 1490. The van der Waals surface area contributed by atoms with E-state index in [4.69, 9.17) is 9.40 Å². The van der Waals surface area contributed by atoms with Gasteiger partial charge < -0.3 is 19.0 Å². The summed E-state index contributed by atoms with van der Waals surface area (Å²) in [5.41, 5.74) is 6.16. The quantitative estimate of drug-likeness (QED) is 0.374. The molecule has 8 heteroatoms. The van der Waals surface area contributed by atoms with Crippen molar-refractivity contribution in [3.8, 4) is 22.6 Å². The third-order valence-electron chi connectivity index (χ3n) is 5.67. The third-order valence-corrected chi connectivity index (χ3v) is 5.67. The maximum absolute atomic E-state index is 13.2. The van der Waals surface area contributed by atoms with Crippen molar-refractivity contribution in [3.05, 3.63) is 90.5 Å². The fraction of sp³-hybridized carbons (Fsp3) is 0.185. The van der Waals surface area contributed by atoms with Crippen LogP contribution in [0.1, 0.15) is 21.9 Å². The van der Waals surface area contributed by atoms with Gasteiger partial charge in [0.05, 0.1) is 11.4 Å². The summed E-state index contributed by atoms with van der Waals surface area (Å²) >= 11 is 0. The molecule has 0 unspecified atom stereocenters. The van der Waals surface area contributed by atoms with E-state index in [2.05, 4.69) is 20.2 Å². The average Bonchev–Trinajstić information content (AvgIpc) is 3.50. The van der Waals surface area contributed by atoms with Crippen molar-refractivity contribution in [2.45, 2.75) is 13.3 Å². The molecule has 0 atom stereocenters. The van der Waals surface area contributed by atoms with E-state index in [1.165, 1.54) is 6.26 Å². The van der Waals surface area contributed by atoms with Gasteiger partial charge in [0.25, 0.3) is 5.91 Å². The molecule has 4 heterocycles. The highest BCUT2D eigenvalue weighted by Gasteiger charge is 2.17. The number of pyridine rings is 2. The van der Waals surface area contributed by atoms with Gasteiger partial charge in [-0.2, -0.15) is 0 Å². The van der Waals surface area contributed by atoms with Crippen LogP contribution in [0.3, 0.4) is 0 Å². The Hall–Kier alpha value is -4.30. The van der Waals surface area contributed by atoms with Crippen molar-refractivity contribution < 1.29 is 9.21 Å². The van der Waals surface area contributed by atoms with Gasteiger partial charge in [-0.15, -0.1) is 0 Å². The molecular weight excluding hydrogens is 440 g/mol. The standard InChI is InChI=1S/C27H26N6O2/c1-18-13-20(9-11-28-18)27-31-24(17-35-27)26(34)30-23-16-33-15-21(10-12-32(2)3)29-25(33)14-22(23)19-7-5-4-6-8-19/h4-9,11,13-17H,10,12H2,1-3H3,(H,30,34). The number of benzene rings is 1. The number of aromatic nitrogens is 4. The number of anilines is 1. The van der Waals surface area contributed by atoms with Crippen LogP contribution < -0.4 is 5.32 Å². The molecule has 176 valence electrons. The molecule has 0 radical (unpaired) electrons. The number of nitrogens with one attached hydrogen (secondary N) is 1. The lowest BCUT2D eigenvalue weighted by molar-refractivity contribution is 0.102. The smallest absolute Gasteiger partial charge is 0.277 e. The minimum Gasteiger partial charge on any atom is -0.444 e. The van der Waals surface area contributed by atoms with Gasteiger partial charge in [-0.05, 0) is 44.8 Å². The van der Waals surface area contributed by atoms with Crippen LogP contribution >= 0.6 is 0 Å². The number of nitrogens with zero attached hydrogens (tertiary/aromatic N) is 5. The van der Waals surface area contributed by atoms with Gasteiger partial charge in [0, 0.05) is 48.4 Å². The monoisotopic (exact) mass is 466 g/mol. The summed E-state index contributed by atoms with van der Waals surface area (Å²) in [5, 5.41) is 3.02. The molecule has 1 aromatic carbocycles. The lowest BCUT2D eigenvalue weighted by Gasteiger charge is -2.11. The number of carbonyl (C=O) groups excluding carboxylic acids is 1. The molecule has 35 heavy (non-hydrogen) atoms. The zero-order valence-corrected chi connectivity index (χ0v) is 19.9. The van der Waals surface area contributed by atoms with Crippen LogP contribution in [0.2, 0.25) is 0 Å². The molecule has 5 rings (SSSR count). The summed E-state index contributed by atoms with van der Waals surface area (Å²) in [5.74, 6) is 0.0229. The Kier molecular flexibility index (Phi) is 6.12. The number of imidazole rings is 1. The lowest BCUT2D eigenvalue weighted by Crippen LogP contribution is -2.15. The SMILES string of the molecule is Cc1cc(-c2nc(C(=O)Nc3cn4cc(CCN(C)C)nc4cc3-c3ccccc3)co2)ccn1. The second-order valence-corrected chi connectivity index (χ2v) is 8.70. The molecule has 0 bridgehead atoms. The van der Waals surface area contributed by atoms with Gasteiger partial charge in [-0.25, -0.2) is 9.97 Å². The van der Waals surface area contributed by atoms with Gasteiger partial charge in [-0.1, -0.05) is 30.3 Å². The van der Waals surface area contributed by atoms with Crippen LogP contribution in [-0.4, -0.2) is 50.8 Å². The first kappa shape index (κ1) is 22.5. The van der Waals surface area contributed by atoms with Gasteiger partial charge in [0.15, 0.2) is 5.69 Å². The molecule has 5 aromatic rings. The topological polar surface area (TPSA) is 88.6 Å². The first-order chi connectivity index (χ1) is 17.0. The first-order valence-electron chi connectivity index (χ1n) is 11.4. The molecule has 0 aliphatic carbocycles. The van der Waals surface area contributed by atoms with E-state index in [1.807, 2.05) is 80.3 Å². The normalized spacial score (nSPS) is 11.3. The Morgan fingerprint density at radius 3 is 2.66 bits per heavy atom. The van der Waals surface area contributed by atoms with Gasteiger partial charge in [-0.3, -0.25) is 9.78 Å². The number of carbonyl (C=O) groups is 1. The van der Waals surface area contributed by atoms with Crippen molar-refractivity contribution in [2.24, 2.45) is 0 Å². The van der Waals surface area contributed by atoms with Gasteiger partial charge in [0.1, 0.15) is 11.9 Å². The van der Waals surface area contributed by atoms with E-state index in [0.29, 0.717) is 11.6 Å². The van der Waals surface area contributed by atoms with Crippen molar-refractivity contribution in [3.63, 3.8) is 0 Å². The number of fused-ring (bicyclic) bond motifs is 1. The maximum Gasteiger partial charge on any atom is 0.277 e. The van der Waals surface area contributed by atoms with Crippen LogP contribution in [0.25, 0.3) is 28.2 Å². The van der Waals surface area contributed by atoms with Crippen LogP contribution in [0.4, 0.5) is 5.69 Å². The number of hydrogen-bond acceptors (Lipinski definition) is 6. The van der Waals surface area contributed by atoms with E-state index in [-0.39, 0.29) is 11.6 Å². The molecule has 1 amide bonds. The molecule has 0 aliphatic heterocycles. The molecule has 8 nitrogen and oxygen atoms in total. The zero-order valence-electron chi connectivity index (χ0n) is 19.9. The Morgan fingerprint density at radius 2 is 1.89 bits per heavy atom. The molecule has 4 aromatic heterocycles. The van der Waals surface area contributed by atoms with Crippen LogP contribution in [-0.2, 0) is 6.42 Å². The Morgan fingerprint density at radius 1 is 1.06 bits per heavy atom. The summed E-state index contributed by atoms with van der Waals surface area (Å²) in [6, 6.07) is 15.6. The van der Waals surface area contributed by atoms with Crippen LogP contribution in [0.5, 0.6) is 0 Å². The highest BCUT2D eigenvalue weighted by Crippen LogP contribution is 2.30. The fourth-order valence-electron chi connectivity index (χ4n) is 3.88. The third kappa shape index (κ3) is 4.97. The maximum atomic E-state index is 13.2. The second kappa shape index (κ2) is 9.52. The van der Waals surface area contributed by atoms with Crippen molar-refractivity contribution in [1.82, 2.24) is 24.3 Å². The minimum absolute atomic E-state index is 0.200. The minimum atomic E-state index is -0.352. The van der Waals surface area contributed by atoms with Crippen molar-refractivity contribution in [2.75, 3.05) is 26.0 Å². The number of rotatable bonds is 7. The molecule has 0 fully saturated rings. The number of oxazole rings is 1. The largest absolute Gasteiger partial charge is 0.444 e. The summed E-state index contributed by atoms with van der Waals surface area (Å²) in [6.45, 7) is 2.80. The van der Waals surface area contributed by atoms with E-state index >= 15 is 0 Å². The number of amides is 1. The van der Waals surface area contributed by atoms with Crippen molar-refractivity contribution in [1.29, 1.82) is 0 Å². The van der Waals surface area contributed by atoms with E-state index in [1.54, 1.807) is 12.3 Å². The predicted molar refractivity (Wildman–Crippen MR) is 135 cm³/mol. The summed E-state index contributed by atoms with van der Waals surface area (Å²) < 4.78 is 7.53. The summed E-state index contributed by atoms with van der Waals surface area (Å²) in [7, 11) is 4.09. The number of aryl methyl sites for hydroxylation is 1. The molecule has 0 saturated heterocycles. The fourth-order valence-corrected chi connectivity index (χ4v) is 3.88. The Balaban J connectivity index is 1.48. The zero-order chi connectivity index (χ0) is 24.4. The highest BCUT2D eigenvalue weighted by molar-refractivity contribution is 6.05. The molecule has 1 N–H and O–H groups in total. The number of likely N-dealkylation sites (N-methyl/N-ethyl adjacent to an activating group) is 1. The van der Waals surface area contributed by atoms with Crippen LogP contribution in [0, 0.1) is 6.92 Å².